The number of hydrogen-bond acceptors (Lipinski definition) is 4. The van der Waals surface area contributed by atoms with Gasteiger partial charge in [0.15, 0.2) is 0 Å². The molecule has 2 rings (SSSR count). The van der Waals surface area contributed by atoms with E-state index in [0.29, 0.717) is 42.0 Å². The van der Waals surface area contributed by atoms with E-state index in [-0.39, 0.29) is 5.91 Å². The molecule has 0 saturated heterocycles. The lowest BCUT2D eigenvalue weighted by Gasteiger charge is -2.38. The first-order chi connectivity index (χ1) is 12.9. The van der Waals surface area contributed by atoms with Gasteiger partial charge in [0.2, 0.25) is 0 Å². The van der Waals surface area contributed by atoms with Crippen molar-refractivity contribution in [2.45, 2.75) is 65.4 Å². The Morgan fingerprint density at radius 3 is 2.85 bits per heavy atom. The second-order valence-corrected chi connectivity index (χ2v) is 8.03. The highest BCUT2D eigenvalue weighted by Gasteiger charge is 2.42. The summed E-state index contributed by atoms with van der Waals surface area (Å²) >= 11 is 0. The smallest absolute Gasteiger partial charge is 0.256 e. The summed E-state index contributed by atoms with van der Waals surface area (Å²) in [6, 6.07) is 7.37. The lowest BCUT2D eigenvalue weighted by molar-refractivity contribution is -0.148. The van der Waals surface area contributed by atoms with Gasteiger partial charge in [-0.1, -0.05) is 34.1 Å². The SMILES string of the molecule is CCCO[C@]1(C(=O)Nc2ccc(OCC(C)C)c(C#N)c2)CCC[C@H](C)C1. The Morgan fingerprint density at radius 1 is 1.44 bits per heavy atom. The highest BCUT2D eigenvalue weighted by Crippen LogP contribution is 2.36. The molecule has 0 spiro atoms. The third-order valence-electron chi connectivity index (χ3n) is 4.88. The van der Waals surface area contributed by atoms with Crippen LogP contribution in [0.15, 0.2) is 18.2 Å². The summed E-state index contributed by atoms with van der Waals surface area (Å²) in [5.74, 6) is 1.28. The Labute approximate surface area is 163 Å². The maximum absolute atomic E-state index is 13.1. The van der Waals surface area contributed by atoms with Gasteiger partial charge in [0.05, 0.1) is 12.2 Å². The van der Waals surface area contributed by atoms with Gasteiger partial charge in [-0.25, -0.2) is 0 Å². The van der Waals surface area contributed by atoms with Crippen molar-refractivity contribution in [3.8, 4) is 11.8 Å². The van der Waals surface area contributed by atoms with Crippen molar-refractivity contribution >= 4 is 11.6 Å². The zero-order valence-electron chi connectivity index (χ0n) is 17.0. The van der Waals surface area contributed by atoms with E-state index in [1.807, 2.05) is 6.92 Å². The van der Waals surface area contributed by atoms with Crippen molar-refractivity contribution in [1.82, 2.24) is 0 Å². The number of nitrogens with zero attached hydrogens (tertiary/aromatic N) is 1. The van der Waals surface area contributed by atoms with Crippen LogP contribution in [0.25, 0.3) is 0 Å². The maximum Gasteiger partial charge on any atom is 0.256 e. The predicted octanol–water partition coefficient (Wildman–Crippen LogP) is 4.91. The number of anilines is 1. The van der Waals surface area contributed by atoms with Crippen LogP contribution in [0.1, 0.15) is 65.4 Å². The normalized spacial score (nSPS) is 22.3. The third kappa shape index (κ3) is 5.71. The summed E-state index contributed by atoms with van der Waals surface area (Å²) in [7, 11) is 0. The Balaban J connectivity index is 2.16. The molecule has 0 aromatic heterocycles. The van der Waals surface area contributed by atoms with Crippen molar-refractivity contribution in [1.29, 1.82) is 5.26 Å². The quantitative estimate of drug-likeness (QED) is 0.704. The van der Waals surface area contributed by atoms with E-state index < -0.39 is 5.60 Å². The number of ether oxygens (including phenoxy) is 2. The summed E-state index contributed by atoms with van der Waals surface area (Å²) in [6.07, 6.45) is 4.47. The fourth-order valence-corrected chi connectivity index (χ4v) is 3.53. The largest absolute Gasteiger partial charge is 0.492 e. The van der Waals surface area contributed by atoms with Gasteiger partial charge in [-0.15, -0.1) is 0 Å². The average Bonchev–Trinajstić information content (AvgIpc) is 2.65. The molecular formula is C22H32N2O3. The van der Waals surface area contributed by atoms with Crippen LogP contribution in [-0.4, -0.2) is 24.7 Å². The van der Waals surface area contributed by atoms with E-state index >= 15 is 0 Å². The summed E-state index contributed by atoms with van der Waals surface area (Å²) in [5, 5.41) is 12.4. The minimum Gasteiger partial charge on any atom is -0.492 e. The molecule has 1 fully saturated rings. The molecule has 0 unspecified atom stereocenters. The van der Waals surface area contributed by atoms with Crippen LogP contribution in [0.4, 0.5) is 5.69 Å². The number of carbonyl (C=O) groups excluding carboxylic acids is 1. The standard InChI is InChI=1S/C22H32N2O3/c1-5-11-27-22(10-6-7-17(4)13-22)21(25)24-19-8-9-20(18(12-19)14-23)26-15-16(2)3/h8-9,12,16-17H,5-7,10-11,13,15H2,1-4H3,(H,24,25)/t17-,22+/m0/s1. The number of nitriles is 1. The van der Waals surface area contributed by atoms with Gasteiger partial charge < -0.3 is 14.8 Å². The molecule has 1 aromatic rings. The minimum absolute atomic E-state index is 0.109. The van der Waals surface area contributed by atoms with Gasteiger partial charge in [-0.3, -0.25) is 4.79 Å². The Hall–Kier alpha value is -2.06. The molecule has 0 aliphatic heterocycles. The number of amides is 1. The molecule has 27 heavy (non-hydrogen) atoms. The number of carbonyl (C=O) groups is 1. The fourth-order valence-electron chi connectivity index (χ4n) is 3.53. The van der Waals surface area contributed by atoms with Crippen molar-refractivity contribution in [2.75, 3.05) is 18.5 Å². The van der Waals surface area contributed by atoms with Crippen LogP contribution < -0.4 is 10.1 Å². The fraction of sp³-hybridized carbons (Fsp3) is 0.636. The van der Waals surface area contributed by atoms with Crippen LogP contribution in [0.2, 0.25) is 0 Å². The highest BCUT2D eigenvalue weighted by atomic mass is 16.5. The van der Waals surface area contributed by atoms with Gasteiger partial charge in [0.1, 0.15) is 17.4 Å². The molecule has 0 heterocycles. The minimum atomic E-state index is -0.771. The van der Waals surface area contributed by atoms with Crippen molar-refractivity contribution in [3.05, 3.63) is 23.8 Å². The molecular weight excluding hydrogens is 340 g/mol. The van der Waals surface area contributed by atoms with E-state index in [1.54, 1.807) is 18.2 Å². The van der Waals surface area contributed by atoms with E-state index in [0.717, 1.165) is 32.1 Å². The van der Waals surface area contributed by atoms with E-state index in [4.69, 9.17) is 9.47 Å². The molecule has 2 atom stereocenters. The van der Waals surface area contributed by atoms with Crippen molar-refractivity contribution in [2.24, 2.45) is 11.8 Å². The van der Waals surface area contributed by atoms with Crippen LogP contribution in [0.3, 0.4) is 0 Å². The first-order valence-electron chi connectivity index (χ1n) is 10.0. The first-order valence-corrected chi connectivity index (χ1v) is 10.0. The molecule has 1 aromatic carbocycles. The molecule has 5 nitrogen and oxygen atoms in total. The predicted molar refractivity (Wildman–Crippen MR) is 107 cm³/mol. The topological polar surface area (TPSA) is 71.3 Å². The third-order valence-corrected chi connectivity index (χ3v) is 4.88. The van der Waals surface area contributed by atoms with Crippen LogP contribution >= 0.6 is 0 Å². The molecule has 1 aliphatic rings. The summed E-state index contributed by atoms with van der Waals surface area (Å²) in [5.41, 5.74) is 0.257. The second-order valence-electron chi connectivity index (χ2n) is 8.03. The van der Waals surface area contributed by atoms with E-state index in [2.05, 4.69) is 32.2 Å². The number of nitrogens with one attached hydrogen (secondary N) is 1. The Kier molecular flexibility index (Phi) is 7.67. The summed E-state index contributed by atoms with van der Waals surface area (Å²) in [6.45, 7) is 9.46. The molecule has 0 radical (unpaired) electrons. The maximum atomic E-state index is 13.1. The molecule has 0 bridgehead atoms. The van der Waals surface area contributed by atoms with Gasteiger partial charge in [0.25, 0.3) is 5.91 Å². The van der Waals surface area contributed by atoms with Crippen LogP contribution in [-0.2, 0) is 9.53 Å². The second kappa shape index (κ2) is 9.75. The summed E-state index contributed by atoms with van der Waals surface area (Å²) in [4.78, 5) is 13.1. The number of benzene rings is 1. The van der Waals surface area contributed by atoms with Crippen molar-refractivity contribution < 1.29 is 14.3 Å². The lowest BCUT2D eigenvalue weighted by Crippen LogP contribution is -2.48. The molecule has 1 amide bonds. The van der Waals surface area contributed by atoms with E-state index in [9.17, 15) is 10.1 Å². The zero-order chi connectivity index (χ0) is 19.9. The summed E-state index contributed by atoms with van der Waals surface area (Å²) < 4.78 is 11.8. The number of rotatable bonds is 8. The van der Waals surface area contributed by atoms with E-state index in [1.165, 1.54) is 0 Å². The molecule has 148 valence electrons. The molecule has 1 N–H and O–H groups in total. The van der Waals surface area contributed by atoms with Crippen LogP contribution in [0, 0.1) is 23.2 Å². The number of hydrogen-bond donors (Lipinski definition) is 1. The Bertz CT molecular complexity index is 681. The average molecular weight is 373 g/mol. The van der Waals surface area contributed by atoms with Gasteiger partial charge in [-0.05, 0) is 55.7 Å². The molecule has 1 aliphatic carbocycles. The van der Waals surface area contributed by atoms with Crippen LogP contribution in [0.5, 0.6) is 5.75 Å². The highest BCUT2D eigenvalue weighted by molar-refractivity contribution is 5.97. The zero-order valence-corrected chi connectivity index (χ0v) is 17.0. The molecule has 5 heteroatoms. The lowest BCUT2D eigenvalue weighted by atomic mass is 9.78. The van der Waals surface area contributed by atoms with Gasteiger partial charge >= 0.3 is 0 Å². The Morgan fingerprint density at radius 2 is 2.22 bits per heavy atom. The first kappa shape index (κ1) is 21.2. The van der Waals surface area contributed by atoms with Gasteiger partial charge in [0, 0.05) is 12.3 Å². The molecule has 1 saturated carbocycles. The van der Waals surface area contributed by atoms with Gasteiger partial charge in [-0.2, -0.15) is 5.26 Å². The monoisotopic (exact) mass is 372 g/mol. The van der Waals surface area contributed by atoms with Crippen molar-refractivity contribution in [3.63, 3.8) is 0 Å².